The maximum Gasteiger partial charge on any atom is 0.368 e. The highest BCUT2D eigenvalue weighted by molar-refractivity contribution is 6.37. The van der Waals surface area contributed by atoms with Crippen molar-refractivity contribution in [1.29, 1.82) is 0 Å². The van der Waals surface area contributed by atoms with Crippen molar-refractivity contribution < 1.29 is 14.4 Å². The highest BCUT2D eigenvalue weighted by atomic mass is 35.5. The number of halogens is 3. The molecule has 7 heteroatoms. The Kier molecular flexibility index (Phi) is 6.09. The van der Waals surface area contributed by atoms with Gasteiger partial charge in [0.15, 0.2) is 5.75 Å². The molecule has 0 bridgehead atoms. The van der Waals surface area contributed by atoms with Crippen LogP contribution in [0, 0.1) is 0 Å². The molecule has 0 aromatic heterocycles. The average molecular weight is 459 g/mol. The minimum Gasteiger partial charge on any atom is -0.486 e. The van der Waals surface area contributed by atoms with Gasteiger partial charge in [-0.1, -0.05) is 82.4 Å². The molecule has 3 aromatic carbocycles. The lowest BCUT2D eigenvalue weighted by atomic mass is 10.0. The third-order valence-corrected chi connectivity index (χ3v) is 5.14. The summed E-state index contributed by atoms with van der Waals surface area (Å²) < 4.78 is 5.79. The van der Waals surface area contributed by atoms with Crippen molar-refractivity contribution in [2.24, 2.45) is 5.16 Å². The molecule has 0 unspecified atom stereocenters. The van der Waals surface area contributed by atoms with Gasteiger partial charge in [0, 0.05) is 10.6 Å². The molecule has 0 atom stereocenters. The minimum absolute atomic E-state index is 0.261. The smallest absolute Gasteiger partial charge is 0.368 e. The number of hydrogen-bond donors (Lipinski definition) is 0. The van der Waals surface area contributed by atoms with Crippen molar-refractivity contribution in [2.45, 2.75) is 6.61 Å². The number of carbonyl (C=O) groups is 1. The molecular formula is C23H14Cl3NO3. The van der Waals surface area contributed by atoms with E-state index < -0.39 is 5.97 Å². The van der Waals surface area contributed by atoms with Gasteiger partial charge < -0.3 is 9.57 Å². The van der Waals surface area contributed by atoms with Crippen LogP contribution in [0.25, 0.3) is 6.08 Å². The summed E-state index contributed by atoms with van der Waals surface area (Å²) in [6, 6.07) is 20.0. The molecule has 30 heavy (non-hydrogen) atoms. The normalized spacial score (nSPS) is 14.6. The van der Waals surface area contributed by atoms with Crippen LogP contribution in [-0.2, 0) is 16.2 Å². The molecule has 150 valence electrons. The van der Waals surface area contributed by atoms with Gasteiger partial charge in [0.05, 0.1) is 15.6 Å². The second-order valence-corrected chi connectivity index (χ2v) is 7.73. The van der Waals surface area contributed by atoms with Crippen LogP contribution < -0.4 is 4.74 Å². The Balaban J connectivity index is 1.59. The number of ether oxygens (including phenoxy) is 1. The van der Waals surface area contributed by atoms with E-state index >= 15 is 0 Å². The van der Waals surface area contributed by atoms with Crippen LogP contribution in [0.1, 0.15) is 16.7 Å². The molecule has 4 nitrogen and oxygen atoms in total. The standard InChI is InChI=1S/C23H14Cl3NO3/c24-17-8-4-5-14(9-17)13-29-22-19(25)11-15(12-20(22)26)10-18-21(27-30-23(18)28)16-6-2-1-3-7-16/h1-12H,13H2/b18-10-. The summed E-state index contributed by atoms with van der Waals surface area (Å²) in [4.78, 5) is 17.0. The van der Waals surface area contributed by atoms with Crippen LogP contribution in [-0.4, -0.2) is 11.7 Å². The minimum atomic E-state index is -0.539. The van der Waals surface area contributed by atoms with Gasteiger partial charge in [-0.2, -0.15) is 0 Å². The topological polar surface area (TPSA) is 47.9 Å². The van der Waals surface area contributed by atoms with Gasteiger partial charge in [0.25, 0.3) is 0 Å². The summed E-state index contributed by atoms with van der Waals surface area (Å²) in [6.07, 6.45) is 1.64. The predicted octanol–water partition coefficient (Wildman–Crippen LogP) is 6.57. The van der Waals surface area contributed by atoms with E-state index in [2.05, 4.69) is 5.16 Å². The lowest BCUT2D eigenvalue weighted by molar-refractivity contribution is -0.136. The number of rotatable bonds is 5. The molecule has 1 aliphatic heterocycles. The zero-order chi connectivity index (χ0) is 21.1. The van der Waals surface area contributed by atoms with Crippen molar-refractivity contribution in [3.63, 3.8) is 0 Å². The molecule has 3 aromatic rings. The summed E-state index contributed by atoms with van der Waals surface area (Å²) in [5.41, 5.74) is 3.05. The molecule has 0 saturated carbocycles. The first-order valence-corrected chi connectivity index (χ1v) is 10.1. The van der Waals surface area contributed by atoms with E-state index in [-0.39, 0.29) is 6.61 Å². The van der Waals surface area contributed by atoms with Crippen LogP contribution in [0.3, 0.4) is 0 Å². The van der Waals surface area contributed by atoms with E-state index in [0.717, 1.165) is 11.1 Å². The van der Waals surface area contributed by atoms with E-state index in [1.54, 1.807) is 30.3 Å². The van der Waals surface area contributed by atoms with E-state index in [9.17, 15) is 4.79 Å². The Morgan fingerprint density at radius 3 is 2.37 bits per heavy atom. The lowest BCUT2D eigenvalue weighted by Gasteiger charge is -2.11. The molecule has 1 heterocycles. The number of hydrogen-bond acceptors (Lipinski definition) is 4. The zero-order valence-corrected chi connectivity index (χ0v) is 17.7. The molecular weight excluding hydrogens is 445 g/mol. The SMILES string of the molecule is O=C1ON=C(c2ccccc2)/C1=C/c1cc(Cl)c(OCc2cccc(Cl)c2)c(Cl)c1. The number of oxime groups is 1. The van der Waals surface area contributed by atoms with Gasteiger partial charge in [0.1, 0.15) is 12.3 Å². The van der Waals surface area contributed by atoms with Gasteiger partial charge in [0.2, 0.25) is 0 Å². The van der Waals surface area contributed by atoms with E-state index in [0.29, 0.717) is 37.7 Å². The lowest BCUT2D eigenvalue weighted by Crippen LogP contribution is -2.06. The highest BCUT2D eigenvalue weighted by Gasteiger charge is 2.27. The molecule has 4 rings (SSSR count). The zero-order valence-electron chi connectivity index (χ0n) is 15.4. The van der Waals surface area contributed by atoms with E-state index in [4.69, 9.17) is 44.4 Å². The van der Waals surface area contributed by atoms with E-state index in [1.807, 2.05) is 42.5 Å². The quantitative estimate of drug-likeness (QED) is 0.321. The fourth-order valence-electron chi connectivity index (χ4n) is 2.96. The molecule has 1 aliphatic rings. The van der Waals surface area contributed by atoms with Crippen molar-refractivity contribution in [3.05, 3.63) is 104 Å². The van der Waals surface area contributed by atoms with Gasteiger partial charge >= 0.3 is 5.97 Å². The van der Waals surface area contributed by atoms with Crippen molar-refractivity contribution >= 4 is 52.6 Å². The first-order valence-electron chi connectivity index (χ1n) is 8.94. The molecule has 0 N–H and O–H groups in total. The van der Waals surface area contributed by atoms with Crippen molar-refractivity contribution in [3.8, 4) is 5.75 Å². The first kappa shape index (κ1) is 20.5. The Hall–Kier alpha value is -2.79. The number of nitrogens with zero attached hydrogens (tertiary/aromatic N) is 1. The summed E-state index contributed by atoms with van der Waals surface area (Å²) in [6.45, 7) is 0.261. The Bertz CT molecular complexity index is 1150. The highest BCUT2D eigenvalue weighted by Crippen LogP contribution is 2.36. The maximum atomic E-state index is 12.2. The average Bonchev–Trinajstić information content (AvgIpc) is 3.08. The fraction of sp³-hybridized carbons (Fsp3) is 0.0435. The second kappa shape index (κ2) is 8.92. The van der Waals surface area contributed by atoms with Crippen LogP contribution in [0.2, 0.25) is 15.1 Å². The third kappa shape index (κ3) is 4.51. The summed E-state index contributed by atoms with van der Waals surface area (Å²) >= 11 is 18.8. The van der Waals surface area contributed by atoms with Gasteiger partial charge in [-0.25, -0.2) is 4.79 Å². The van der Waals surface area contributed by atoms with Gasteiger partial charge in [-0.05, 0) is 41.5 Å². The molecule has 0 saturated heterocycles. The van der Waals surface area contributed by atoms with Crippen molar-refractivity contribution in [2.75, 3.05) is 0 Å². The van der Waals surface area contributed by atoms with Gasteiger partial charge in [-0.3, -0.25) is 0 Å². The molecule has 0 aliphatic carbocycles. The molecule has 0 fully saturated rings. The Morgan fingerprint density at radius 2 is 1.67 bits per heavy atom. The summed E-state index contributed by atoms with van der Waals surface area (Å²) in [7, 11) is 0. The van der Waals surface area contributed by atoms with Crippen LogP contribution in [0.15, 0.2) is 77.5 Å². The van der Waals surface area contributed by atoms with Crippen molar-refractivity contribution in [1.82, 2.24) is 0 Å². The van der Waals surface area contributed by atoms with Crippen LogP contribution >= 0.6 is 34.8 Å². The predicted molar refractivity (Wildman–Crippen MR) is 119 cm³/mol. The van der Waals surface area contributed by atoms with E-state index in [1.165, 1.54) is 0 Å². The molecule has 0 radical (unpaired) electrons. The number of carbonyl (C=O) groups excluding carboxylic acids is 1. The summed E-state index contributed by atoms with van der Waals surface area (Å²) in [5.74, 6) is -0.186. The maximum absolute atomic E-state index is 12.2. The van der Waals surface area contributed by atoms with Crippen LogP contribution in [0.5, 0.6) is 5.75 Å². The largest absolute Gasteiger partial charge is 0.486 e. The molecule has 0 spiro atoms. The van der Waals surface area contributed by atoms with Gasteiger partial charge in [-0.15, -0.1) is 0 Å². The monoisotopic (exact) mass is 457 g/mol. The Morgan fingerprint density at radius 1 is 0.933 bits per heavy atom. The fourth-order valence-corrected chi connectivity index (χ4v) is 3.79. The first-order chi connectivity index (χ1) is 14.5. The summed E-state index contributed by atoms with van der Waals surface area (Å²) in [5, 5.41) is 5.16. The Labute approximate surface area is 188 Å². The third-order valence-electron chi connectivity index (χ3n) is 4.35. The number of benzene rings is 3. The second-order valence-electron chi connectivity index (χ2n) is 6.47. The van der Waals surface area contributed by atoms with Crippen LogP contribution in [0.4, 0.5) is 0 Å². The molecule has 0 amide bonds.